The minimum Gasteiger partial charge on any atom is -0.353 e. The van der Waals surface area contributed by atoms with Gasteiger partial charge in [-0.05, 0) is 49.1 Å². The van der Waals surface area contributed by atoms with Crippen LogP contribution in [0.1, 0.15) is 69.7 Å². The molecule has 1 fully saturated rings. The lowest BCUT2D eigenvalue weighted by molar-refractivity contribution is -0.122. The molecule has 150 valence electrons. The molecule has 0 radical (unpaired) electrons. The van der Waals surface area contributed by atoms with Crippen molar-refractivity contribution in [3.05, 3.63) is 35.4 Å². The lowest BCUT2D eigenvalue weighted by Crippen LogP contribution is -2.41. The summed E-state index contributed by atoms with van der Waals surface area (Å²) in [7, 11) is 0. The highest BCUT2D eigenvalue weighted by molar-refractivity contribution is 5.94. The van der Waals surface area contributed by atoms with Gasteiger partial charge in [0.2, 0.25) is 5.91 Å². The minimum absolute atomic E-state index is 0.111. The molecule has 2 rings (SSSR count). The number of carbonyl (C=O) groups is 2. The Kier molecular flexibility index (Phi) is 7.33. The Labute approximate surface area is 160 Å². The molecule has 0 heterocycles. The molecule has 0 spiro atoms. The Balaban J connectivity index is 1.70. The first-order valence-electron chi connectivity index (χ1n) is 9.75. The summed E-state index contributed by atoms with van der Waals surface area (Å²) in [6.45, 7) is 6.95. The number of carbonyl (C=O) groups excluding carboxylic acids is 2. The van der Waals surface area contributed by atoms with Gasteiger partial charge in [0.15, 0.2) is 0 Å². The molecule has 2 N–H and O–H groups in total. The van der Waals surface area contributed by atoms with Crippen molar-refractivity contribution in [1.29, 1.82) is 0 Å². The smallest absolute Gasteiger partial charge is 0.254 e. The van der Waals surface area contributed by atoms with E-state index in [0.29, 0.717) is 17.4 Å². The zero-order chi connectivity index (χ0) is 20.0. The summed E-state index contributed by atoms with van der Waals surface area (Å²) in [5.74, 6) is -1.72. The van der Waals surface area contributed by atoms with Gasteiger partial charge in [0.25, 0.3) is 5.91 Å². The molecule has 1 aliphatic carbocycles. The fourth-order valence-electron chi connectivity index (χ4n) is 3.67. The molecular formula is C21H30F2N2O2. The predicted octanol–water partition coefficient (Wildman–Crippen LogP) is 4.20. The van der Waals surface area contributed by atoms with Crippen LogP contribution < -0.4 is 10.6 Å². The fraction of sp³-hybridized carbons (Fsp3) is 0.619. The highest BCUT2D eigenvalue weighted by Crippen LogP contribution is 2.40. The normalized spacial score (nSPS) is 20.2. The quantitative estimate of drug-likeness (QED) is 0.745. The molecule has 1 aromatic carbocycles. The maximum absolute atomic E-state index is 13.6. The Morgan fingerprint density at radius 1 is 1.15 bits per heavy atom. The number of hydrogen-bond acceptors (Lipinski definition) is 2. The van der Waals surface area contributed by atoms with E-state index in [1.807, 2.05) is 0 Å². The highest BCUT2D eigenvalue weighted by atomic mass is 19.1. The molecule has 0 atom stereocenters. The Hall–Kier alpha value is -1.98. The number of benzene rings is 1. The second-order valence-corrected chi connectivity index (χ2v) is 8.09. The summed E-state index contributed by atoms with van der Waals surface area (Å²) in [6, 6.07) is 2.97. The first kappa shape index (κ1) is 21.3. The van der Waals surface area contributed by atoms with Crippen molar-refractivity contribution in [3.63, 3.8) is 0 Å². The largest absolute Gasteiger partial charge is 0.353 e. The third-order valence-electron chi connectivity index (χ3n) is 5.92. The van der Waals surface area contributed by atoms with Gasteiger partial charge in [0, 0.05) is 25.1 Å². The van der Waals surface area contributed by atoms with E-state index in [1.165, 1.54) is 0 Å². The molecule has 2 amide bonds. The van der Waals surface area contributed by atoms with Gasteiger partial charge in [-0.2, -0.15) is 0 Å². The molecule has 0 aromatic heterocycles. The maximum atomic E-state index is 13.6. The number of amides is 2. The fourth-order valence-corrected chi connectivity index (χ4v) is 3.67. The van der Waals surface area contributed by atoms with Gasteiger partial charge in [-0.25, -0.2) is 8.78 Å². The maximum Gasteiger partial charge on any atom is 0.254 e. The molecule has 0 bridgehead atoms. The van der Waals surface area contributed by atoms with Crippen LogP contribution in [0.25, 0.3) is 0 Å². The Morgan fingerprint density at radius 2 is 1.81 bits per heavy atom. The average molecular weight is 380 g/mol. The standard InChI is InChI=1S/C21H30F2N2O2/c1-4-21(2,3)14-5-8-16(9-6-14)25-19(26)11-12-24-20(27)17-10-7-15(22)13-18(17)23/h7,10,13-14,16H,4-6,8-9,11-12H2,1-3H3,(H,24,27)(H,25,26). The summed E-state index contributed by atoms with van der Waals surface area (Å²) in [4.78, 5) is 24.0. The van der Waals surface area contributed by atoms with Gasteiger partial charge in [-0.1, -0.05) is 27.2 Å². The number of nitrogens with one attached hydrogen (secondary N) is 2. The lowest BCUT2D eigenvalue weighted by atomic mass is 9.69. The van der Waals surface area contributed by atoms with Crippen molar-refractivity contribution in [2.24, 2.45) is 11.3 Å². The van der Waals surface area contributed by atoms with Crippen LogP contribution in [0.3, 0.4) is 0 Å². The number of halogens is 2. The van der Waals surface area contributed by atoms with Gasteiger partial charge in [-0.15, -0.1) is 0 Å². The van der Waals surface area contributed by atoms with Gasteiger partial charge in [0.1, 0.15) is 11.6 Å². The molecule has 0 aliphatic heterocycles. The first-order chi connectivity index (χ1) is 12.7. The van der Waals surface area contributed by atoms with Crippen LogP contribution in [0, 0.1) is 23.0 Å². The second-order valence-electron chi connectivity index (χ2n) is 8.09. The second kappa shape index (κ2) is 9.29. The topological polar surface area (TPSA) is 58.2 Å². The molecule has 0 unspecified atom stereocenters. The Bertz CT molecular complexity index is 668. The van der Waals surface area contributed by atoms with Crippen LogP contribution in [0.4, 0.5) is 8.78 Å². The third-order valence-corrected chi connectivity index (χ3v) is 5.92. The van der Waals surface area contributed by atoms with Crippen LogP contribution in [-0.4, -0.2) is 24.4 Å². The number of hydrogen-bond donors (Lipinski definition) is 2. The van der Waals surface area contributed by atoms with Crippen molar-refractivity contribution in [2.45, 2.75) is 65.3 Å². The molecule has 4 nitrogen and oxygen atoms in total. The lowest BCUT2D eigenvalue weighted by Gasteiger charge is -2.39. The molecule has 1 saturated carbocycles. The van der Waals surface area contributed by atoms with Gasteiger partial charge in [-0.3, -0.25) is 9.59 Å². The summed E-state index contributed by atoms with van der Waals surface area (Å²) >= 11 is 0. The molecule has 6 heteroatoms. The van der Waals surface area contributed by atoms with E-state index in [4.69, 9.17) is 0 Å². The minimum atomic E-state index is -0.913. The molecule has 1 aliphatic rings. The number of rotatable bonds is 7. The molecule has 27 heavy (non-hydrogen) atoms. The zero-order valence-corrected chi connectivity index (χ0v) is 16.4. The van der Waals surface area contributed by atoms with Gasteiger partial charge in [0.05, 0.1) is 5.56 Å². The van der Waals surface area contributed by atoms with Crippen molar-refractivity contribution >= 4 is 11.8 Å². The van der Waals surface area contributed by atoms with E-state index in [0.717, 1.165) is 44.2 Å². The summed E-state index contributed by atoms with van der Waals surface area (Å²) in [5, 5.41) is 5.53. The first-order valence-corrected chi connectivity index (χ1v) is 9.75. The van der Waals surface area contributed by atoms with Gasteiger partial charge < -0.3 is 10.6 Å². The highest BCUT2D eigenvalue weighted by Gasteiger charge is 2.32. The Morgan fingerprint density at radius 3 is 2.41 bits per heavy atom. The molecular weight excluding hydrogens is 350 g/mol. The van der Waals surface area contributed by atoms with E-state index in [2.05, 4.69) is 31.4 Å². The monoisotopic (exact) mass is 380 g/mol. The van der Waals surface area contributed by atoms with Crippen molar-refractivity contribution in [1.82, 2.24) is 10.6 Å². The van der Waals surface area contributed by atoms with E-state index in [9.17, 15) is 18.4 Å². The molecule has 0 saturated heterocycles. The van der Waals surface area contributed by atoms with Crippen LogP contribution in [0.15, 0.2) is 18.2 Å². The average Bonchev–Trinajstić information content (AvgIpc) is 2.62. The third kappa shape index (κ3) is 6.01. The summed E-state index contributed by atoms with van der Waals surface area (Å²) in [6.07, 6.45) is 5.48. The van der Waals surface area contributed by atoms with Crippen molar-refractivity contribution < 1.29 is 18.4 Å². The van der Waals surface area contributed by atoms with E-state index in [1.54, 1.807) is 0 Å². The predicted molar refractivity (Wildman–Crippen MR) is 101 cm³/mol. The van der Waals surface area contributed by atoms with Gasteiger partial charge >= 0.3 is 0 Å². The SMILES string of the molecule is CCC(C)(C)C1CCC(NC(=O)CCNC(=O)c2ccc(F)cc2F)CC1. The molecule has 1 aromatic rings. The van der Waals surface area contributed by atoms with Crippen LogP contribution in [0.5, 0.6) is 0 Å². The summed E-state index contributed by atoms with van der Waals surface area (Å²) < 4.78 is 26.4. The van der Waals surface area contributed by atoms with E-state index in [-0.39, 0.29) is 30.5 Å². The van der Waals surface area contributed by atoms with Crippen LogP contribution in [-0.2, 0) is 4.79 Å². The van der Waals surface area contributed by atoms with Crippen molar-refractivity contribution in [3.8, 4) is 0 Å². The van der Waals surface area contributed by atoms with E-state index < -0.39 is 17.5 Å². The van der Waals surface area contributed by atoms with Crippen LogP contribution >= 0.6 is 0 Å². The van der Waals surface area contributed by atoms with Crippen LogP contribution in [0.2, 0.25) is 0 Å². The van der Waals surface area contributed by atoms with Crippen molar-refractivity contribution in [2.75, 3.05) is 6.54 Å². The van der Waals surface area contributed by atoms with E-state index >= 15 is 0 Å². The zero-order valence-electron chi connectivity index (χ0n) is 16.4. The summed E-state index contributed by atoms with van der Waals surface area (Å²) in [5.41, 5.74) is 0.114.